The average Bonchev–Trinajstić information content (AvgIpc) is 2.39. The van der Waals surface area contributed by atoms with Crippen LogP contribution in [0.15, 0.2) is 59.0 Å². The number of benzene rings is 2. The van der Waals surface area contributed by atoms with Crippen LogP contribution in [0.3, 0.4) is 0 Å². The van der Waals surface area contributed by atoms with Gasteiger partial charge in [0.25, 0.3) is 0 Å². The van der Waals surface area contributed by atoms with Gasteiger partial charge in [0.1, 0.15) is 11.6 Å². The first-order valence-electron chi connectivity index (χ1n) is 5.53. The van der Waals surface area contributed by atoms with Gasteiger partial charge in [-0.15, -0.1) is 0 Å². The van der Waals surface area contributed by atoms with Crippen LogP contribution in [0.2, 0.25) is 0 Å². The van der Waals surface area contributed by atoms with E-state index in [1.54, 1.807) is 12.1 Å². The summed E-state index contributed by atoms with van der Waals surface area (Å²) in [6.07, 6.45) is 0. The summed E-state index contributed by atoms with van der Waals surface area (Å²) in [6, 6.07) is 15.9. The molecule has 0 bridgehead atoms. The van der Waals surface area contributed by atoms with Crippen LogP contribution >= 0.6 is 12.2 Å². The van der Waals surface area contributed by atoms with E-state index in [2.05, 4.69) is 0 Å². The second kappa shape index (κ2) is 4.35. The highest BCUT2D eigenvalue weighted by Crippen LogP contribution is 2.25. The lowest BCUT2D eigenvalue weighted by molar-refractivity contribution is 0.557. The van der Waals surface area contributed by atoms with E-state index >= 15 is 0 Å². The molecule has 1 aromatic heterocycles. The topological polar surface area (TPSA) is 13.1 Å². The predicted molar refractivity (Wildman–Crippen MR) is 72.4 cm³/mol. The molecule has 3 aromatic rings. The molecule has 1 nitrogen and oxygen atoms in total. The highest BCUT2D eigenvalue weighted by Gasteiger charge is 2.04. The SMILES string of the molecule is Fc1ccc(-c2cc3ccccc3c(=S)o2)cc1. The molecule has 0 N–H and O–H groups in total. The molecule has 3 heteroatoms. The Kier molecular flexibility index (Phi) is 2.68. The Morgan fingerprint density at radius 3 is 2.44 bits per heavy atom. The lowest BCUT2D eigenvalue weighted by Gasteiger charge is -2.03. The smallest absolute Gasteiger partial charge is 0.198 e. The summed E-state index contributed by atoms with van der Waals surface area (Å²) in [5.74, 6) is 0.386. The Bertz CT molecular complexity index is 759. The Balaban J connectivity index is 2.24. The maximum Gasteiger partial charge on any atom is 0.198 e. The van der Waals surface area contributed by atoms with Crippen LogP contribution in [-0.2, 0) is 0 Å². The maximum absolute atomic E-state index is 12.9. The predicted octanol–water partition coefficient (Wildman–Crippen LogP) is 4.97. The number of fused-ring (bicyclic) bond motifs is 1. The molecule has 0 fully saturated rings. The van der Waals surface area contributed by atoms with Crippen LogP contribution in [-0.4, -0.2) is 0 Å². The highest BCUT2D eigenvalue weighted by atomic mass is 32.1. The fraction of sp³-hybridized carbons (Fsp3) is 0. The van der Waals surface area contributed by atoms with Crippen molar-refractivity contribution in [2.45, 2.75) is 0 Å². The molecule has 18 heavy (non-hydrogen) atoms. The Labute approximate surface area is 108 Å². The van der Waals surface area contributed by atoms with Gasteiger partial charge in [0, 0.05) is 10.9 Å². The minimum atomic E-state index is -0.266. The maximum atomic E-state index is 12.9. The number of hydrogen-bond donors (Lipinski definition) is 0. The van der Waals surface area contributed by atoms with Crippen molar-refractivity contribution < 1.29 is 8.81 Å². The Morgan fingerprint density at radius 1 is 0.944 bits per heavy atom. The van der Waals surface area contributed by atoms with E-state index in [4.69, 9.17) is 16.6 Å². The molecule has 1 heterocycles. The molecule has 0 spiro atoms. The van der Waals surface area contributed by atoms with E-state index < -0.39 is 0 Å². The monoisotopic (exact) mass is 256 g/mol. The first-order chi connectivity index (χ1) is 8.74. The minimum Gasteiger partial charge on any atom is -0.445 e. The van der Waals surface area contributed by atoms with Gasteiger partial charge >= 0.3 is 0 Å². The molecule has 0 amide bonds. The van der Waals surface area contributed by atoms with E-state index in [0.29, 0.717) is 10.5 Å². The van der Waals surface area contributed by atoms with Gasteiger partial charge in [0.2, 0.25) is 0 Å². The molecule has 0 aliphatic heterocycles. The van der Waals surface area contributed by atoms with Crippen LogP contribution in [0, 0.1) is 10.5 Å². The molecule has 0 aliphatic carbocycles. The normalized spacial score (nSPS) is 10.7. The van der Waals surface area contributed by atoms with E-state index in [9.17, 15) is 4.39 Å². The summed E-state index contributed by atoms with van der Waals surface area (Å²) in [5, 5.41) is 1.94. The van der Waals surface area contributed by atoms with Gasteiger partial charge < -0.3 is 4.42 Å². The second-order valence-electron chi connectivity index (χ2n) is 3.99. The summed E-state index contributed by atoms with van der Waals surface area (Å²) >= 11 is 5.23. The first-order valence-corrected chi connectivity index (χ1v) is 5.94. The van der Waals surface area contributed by atoms with E-state index in [1.165, 1.54) is 12.1 Å². The van der Waals surface area contributed by atoms with Crippen LogP contribution in [0.4, 0.5) is 4.39 Å². The molecule has 3 rings (SSSR count). The van der Waals surface area contributed by atoms with Crippen LogP contribution in [0.1, 0.15) is 0 Å². The summed E-state index contributed by atoms with van der Waals surface area (Å²) in [6.45, 7) is 0. The second-order valence-corrected chi connectivity index (χ2v) is 4.36. The number of halogens is 1. The zero-order valence-electron chi connectivity index (χ0n) is 9.39. The average molecular weight is 256 g/mol. The van der Waals surface area contributed by atoms with Crippen molar-refractivity contribution in [3.8, 4) is 11.3 Å². The Hall–Kier alpha value is -2.00. The molecule has 0 saturated carbocycles. The van der Waals surface area contributed by atoms with Crippen LogP contribution in [0.5, 0.6) is 0 Å². The van der Waals surface area contributed by atoms with Gasteiger partial charge in [0.05, 0.1) is 0 Å². The lowest BCUT2D eigenvalue weighted by atomic mass is 10.1. The fourth-order valence-corrected chi connectivity index (χ4v) is 2.17. The molecule has 0 unspecified atom stereocenters. The van der Waals surface area contributed by atoms with E-state index in [1.807, 2.05) is 30.3 Å². The van der Waals surface area contributed by atoms with Gasteiger partial charge in [-0.05, 0) is 54.0 Å². The molecule has 88 valence electrons. The van der Waals surface area contributed by atoms with Crippen molar-refractivity contribution in [1.29, 1.82) is 0 Å². The van der Waals surface area contributed by atoms with E-state index in [-0.39, 0.29) is 5.82 Å². The van der Waals surface area contributed by atoms with Gasteiger partial charge in [-0.3, -0.25) is 0 Å². The van der Waals surface area contributed by atoms with Crippen molar-refractivity contribution in [2.75, 3.05) is 0 Å². The van der Waals surface area contributed by atoms with Crippen LogP contribution < -0.4 is 0 Å². The number of rotatable bonds is 1. The number of hydrogen-bond acceptors (Lipinski definition) is 2. The summed E-state index contributed by atoms with van der Waals surface area (Å²) in [5.41, 5.74) is 0.813. The highest BCUT2D eigenvalue weighted by molar-refractivity contribution is 7.71. The largest absolute Gasteiger partial charge is 0.445 e. The molecular weight excluding hydrogens is 247 g/mol. The third kappa shape index (κ3) is 1.93. The van der Waals surface area contributed by atoms with Gasteiger partial charge in [-0.1, -0.05) is 18.2 Å². The summed E-state index contributed by atoms with van der Waals surface area (Å²) in [7, 11) is 0. The molecule has 0 aliphatic rings. The van der Waals surface area contributed by atoms with Crippen molar-refractivity contribution in [3.05, 3.63) is 65.1 Å². The third-order valence-electron chi connectivity index (χ3n) is 2.80. The van der Waals surface area contributed by atoms with Gasteiger partial charge in [0.15, 0.2) is 4.71 Å². The molecular formula is C15H9FOS. The van der Waals surface area contributed by atoms with Crippen molar-refractivity contribution in [2.24, 2.45) is 0 Å². The van der Waals surface area contributed by atoms with Crippen molar-refractivity contribution in [1.82, 2.24) is 0 Å². The molecule has 2 aromatic carbocycles. The zero-order chi connectivity index (χ0) is 12.5. The standard InChI is InChI=1S/C15H9FOS/c16-12-7-5-10(6-8-12)14-9-11-3-1-2-4-13(11)15(18)17-14/h1-9H. The summed E-state index contributed by atoms with van der Waals surface area (Å²) < 4.78 is 18.9. The first kappa shape index (κ1) is 11.1. The van der Waals surface area contributed by atoms with Gasteiger partial charge in [-0.25, -0.2) is 4.39 Å². The van der Waals surface area contributed by atoms with E-state index in [0.717, 1.165) is 16.3 Å². The quantitative estimate of drug-likeness (QED) is 0.570. The van der Waals surface area contributed by atoms with Gasteiger partial charge in [-0.2, -0.15) is 0 Å². The van der Waals surface area contributed by atoms with Crippen molar-refractivity contribution >= 4 is 23.0 Å². The van der Waals surface area contributed by atoms with Crippen molar-refractivity contribution in [3.63, 3.8) is 0 Å². The molecule has 0 saturated heterocycles. The fourth-order valence-electron chi connectivity index (χ4n) is 1.89. The minimum absolute atomic E-state index is 0.266. The van der Waals surface area contributed by atoms with Crippen LogP contribution in [0.25, 0.3) is 22.1 Å². The lowest BCUT2D eigenvalue weighted by Crippen LogP contribution is -1.81. The molecule has 0 atom stereocenters. The Morgan fingerprint density at radius 2 is 1.67 bits per heavy atom. The molecule has 0 radical (unpaired) electrons. The zero-order valence-corrected chi connectivity index (χ0v) is 10.2. The third-order valence-corrected chi connectivity index (χ3v) is 3.10. The summed E-state index contributed by atoms with van der Waals surface area (Å²) in [4.78, 5) is 0.